The van der Waals surface area contributed by atoms with Gasteiger partial charge in [0.2, 0.25) is 5.91 Å². The van der Waals surface area contributed by atoms with Gasteiger partial charge >= 0.3 is 0 Å². The molecular formula is C23H25N3O5. The van der Waals surface area contributed by atoms with E-state index in [1.54, 1.807) is 43.4 Å². The molecule has 1 saturated heterocycles. The molecular weight excluding hydrogens is 398 g/mol. The van der Waals surface area contributed by atoms with Gasteiger partial charge in [0.15, 0.2) is 11.5 Å². The number of imide groups is 1. The number of carbonyl (C=O) groups excluding carboxylic acids is 3. The van der Waals surface area contributed by atoms with Crippen LogP contribution in [0, 0.1) is 0 Å². The Kier molecular flexibility index (Phi) is 5.79. The maximum Gasteiger partial charge on any atom is 0.262 e. The Balaban J connectivity index is 1.39. The summed E-state index contributed by atoms with van der Waals surface area (Å²) in [6, 6.07) is 12.3. The van der Waals surface area contributed by atoms with Crippen LogP contribution in [-0.4, -0.2) is 67.4 Å². The van der Waals surface area contributed by atoms with E-state index in [-0.39, 0.29) is 18.5 Å². The van der Waals surface area contributed by atoms with Crippen LogP contribution in [-0.2, 0) is 4.79 Å². The first-order valence-electron chi connectivity index (χ1n) is 10.2. The fourth-order valence-corrected chi connectivity index (χ4v) is 4.10. The second-order valence-electron chi connectivity index (χ2n) is 7.64. The van der Waals surface area contributed by atoms with Gasteiger partial charge in [-0.05, 0) is 37.1 Å². The lowest BCUT2D eigenvalue weighted by atomic mass is 10.0. The summed E-state index contributed by atoms with van der Waals surface area (Å²) in [7, 11) is 3.17. The number of hydrogen-bond acceptors (Lipinski definition) is 6. The molecule has 31 heavy (non-hydrogen) atoms. The fraction of sp³-hybridized carbons (Fsp3) is 0.348. The monoisotopic (exact) mass is 423 g/mol. The number of methoxy groups -OCH3 is 2. The summed E-state index contributed by atoms with van der Waals surface area (Å²) >= 11 is 0. The first kappa shape index (κ1) is 20.7. The van der Waals surface area contributed by atoms with Crippen LogP contribution in [0.3, 0.4) is 0 Å². The van der Waals surface area contributed by atoms with E-state index in [9.17, 15) is 14.4 Å². The van der Waals surface area contributed by atoms with E-state index in [4.69, 9.17) is 9.47 Å². The molecule has 1 N–H and O–H groups in total. The van der Waals surface area contributed by atoms with Gasteiger partial charge in [-0.15, -0.1) is 0 Å². The average Bonchev–Trinajstić information content (AvgIpc) is 3.04. The van der Waals surface area contributed by atoms with Gasteiger partial charge in [0, 0.05) is 30.9 Å². The maximum absolute atomic E-state index is 12.9. The fourth-order valence-electron chi connectivity index (χ4n) is 4.10. The van der Waals surface area contributed by atoms with Crippen molar-refractivity contribution in [1.29, 1.82) is 0 Å². The number of amides is 3. The Morgan fingerprint density at radius 2 is 1.71 bits per heavy atom. The number of anilines is 1. The van der Waals surface area contributed by atoms with Gasteiger partial charge in [0.25, 0.3) is 11.8 Å². The van der Waals surface area contributed by atoms with Crippen molar-refractivity contribution in [3.63, 3.8) is 0 Å². The van der Waals surface area contributed by atoms with Crippen molar-refractivity contribution in [2.45, 2.75) is 18.9 Å². The maximum atomic E-state index is 12.9. The first-order valence-corrected chi connectivity index (χ1v) is 10.2. The average molecular weight is 423 g/mol. The molecule has 0 bridgehead atoms. The van der Waals surface area contributed by atoms with Gasteiger partial charge in [-0.1, -0.05) is 12.1 Å². The van der Waals surface area contributed by atoms with E-state index in [1.165, 1.54) is 0 Å². The Labute approximate surface area is 180 Å². The van der Waals surface area contributed by atoms with Crippen LogP contribution < -0.4 is 14.8 Å². The molecule has 2 aromatic carbocycles. The lowest BCUT2D eigenvalue weighted by Gasteiger charge is -2.34. The molecule has 2 aliphatic heterocycles. The number of piperidine rings is 1. The number of ether oxygens (including phenoxy) is 2. The summed E-state index contributed by atoms with van der Waals surface area (Å²) < 4.78 is 10.6. The standard InChI is InChI=1S/C23H25N3O5/c1-30-19-10-9-15(12-20(19)31-2)24-16-6-5-11-25(13-16)21(27)14-26-22(28)17-7-3-4-8-18(17)23(26)29/h3-4,7-10,12,16,24H,5-6,11,13-14H2,1-2H3/t16-/m1/s1. The molecule has 8 heteroatoms. The number of benzene rings is 2. The van der Waals surface area contributed by atoms with Crippen LogP contribution >= 0.6 is 0 Å². The van der Waals surface area contributed by atoms with Crippen molar-refractivity contribution in [2.24, 2.45) is 0 Å². The van der Waals surface area contributed by atoms with Crippen molar-refractivity contribution in [3.8, 4) is 11.5 Å². The van der Waals surface area contributed by atoms with E-state index in [2.05, 4.69) is 5.32 Å². The van der Waals surface area contributed by atoms with Gasteiger partial charge in [0.05, 0.1) is 25.3 Å². The lowest BCUT2D eigenvalue weighted by Crippen LogP contribution is -2.49. The van der Waals surface area contributed by atoms with Crippen LogP contribution in [0.25, 0.3) is 0 Å². The zero-order chi connectivity index (χ0) is 22.0. The third kappa shape index (κ3) is 4.05. The van der Waals surface area contributed by atoms with Crippen LogP contribution in [0.15, 0.2) is 42.5 Å². The minimum absolute atomic E-state index is 0.0537. The van der Waals surface area contributed by atoms with Crippen molar-refractivity contribution >= 4 is 23.4 Å². The van der Waals surface area contributed by atoms with Gasteiger partial charge in [-0.25, -0.2) is 0 Å². The Hall–Kier alpha value is -3.55. The van der Waals surface area contributed by atoms with E-state index < -0.39 is 11.8 Å². The summed E-state index contributed by atoms with van der Waals surface area (Å²) in [5.41, 5.74) is 1.58. The van der Waals surface area contributed by atoms with E-state index in [0.29, 0.717) is 35.7 Å². The Bertz CT molecular complexity index is 987. The molecule has 0 spiro atoms. The zero-order valence-corrected chi connectivity index (χ0v) is 17.6. The molecule has 0 unspecified atom stereocenters. The summed E-state index contributed by atoms with van der Waals surface area (Å²) in [6.45, 7) is 0.859. The van der Waals surface area contributed by atoms with Crippen LogP contribution in [0.5, 0.6) is 11.5 Å². The normalized spacial score (nSPS) is 18.1. The molecule has 162 valence electrons. The number of carbonyl (C=O) groups is 3. The second-order valence-corrected chi connectivity index (χ2v) is 7.64. The molecule has 4 rings (SSSR count). The molecule has 0 aromatic heterocycles. The second kappa shape index (κ2) is 8.67. The zero-order valence-electron chi connectivity index (χ0n) is 17.6. The molecule has 3 amide bonds. The molecule has 0 aliphatic carbocycles. The van der Waals surface area contributed by atoms with Crippen LogP contribution in [0.4, 0.5) is 5.69 Å². The lowest BCUT2D eigenvalue weighted by molar-refractivity contribution is -0.132. The molecule has 8 nitrogen and oxygen atoms in total. The van der Waals surface area contributed by atoms with E-state index in [0.717, 1.165) is 23.4 Å². The third-order valence-electron chi connectivity index (χ3n) is 5.70. The SMILES string of the molecule is COc1ccc(N[C@@H]2CCCN(C(=O)CN3C(=O)c4ccccc4C3=O)C2)cc1OC. The summed E-state index contributed by atoms with van der Waals surface area (Å²) in [6.07, 6.45) is 1.74. The third-order valence-corrected chi connectivity index (χ3v) is 5.70. The summed E-state index contributed by atoms with van der Waals surface area (Å²) in [5.74, 6) is 0.224. The minimum Gasteiger partial charge on any atom is -0.493 e. The number of rotatable bonds is 6. The van der Waals surface area contributed by atoms with Crippen LogP contribution in [0.2, 0.25) is 0 Å². The van der Waals surface area contributed by atoms with Gasteiger partial charge in [0.1, 0.15) is 6.54 Å². The molecule has 0 saturated carbocycles. The van der Waals surface area contributed by atoms with Gasteiger partial charge < -0.3 is 19.7 Å². The number of fused-ring (bicyclic) bond motifs is 1. The van der Waals surface area contributed by atoms with Crippen molar-refractivity contribution in [2.75, 3.05) is 39.2 Å². The predicted octanol–water partition coefficient (Wildman–Crippen LogP) is 2.40. The largest absolute Gasteiger partial charge is 0.493 e. The van der Waals surface area contributed by atoms with Crippen molar-refractivity contribution in [3.05, 3.63) is 53.6 Å². The highest BCUT2D eigenvalue weighted by Gasteiger charge is 2.37. The summed E-state index contributed by atoms with van der Waals surface area (Å²) in [4.78, 5) is 40.7. The topological polar surface area (TPSA) is 88.2 Å². The van der Waals surface area contributed by atoms with E-state index >= 15 is 0 Å². The molecule has 2 aromatic rings. The number of nitrogens with zero attached hydrogens (tertiary/aromatic N) is 2. The van der Waals surface area contributed by atoms with Gasteiger partial charge in [-0.2, -0.15) is 0 Å². The molecule has 0 radical (unpaired) electrons. The Morgan fingerprint density at radius 1 is 1.03 bits per heavy atom. The smallest absolute Gasteiger partial charge is 0.262 e. The van der Waals surface area contributed by atoms with Gasteiger partial charge in [-0.3, -0.25) is 19.3 Å². The molecule has 1 atom stereocenters. The highest BCUT2D eigenvalue weighted by molar-refractivity contribution is 6.22. The molecule has 2 aliphatic rings. The minimum atomic E-state index is -0.411. The quantitative estimate of drug-likeness (QED) is 0.718. The van der Waals surface area contributed by atoms with Crippen LogP contribution in [0.1, 0.15) is 33.6 Å². The molecule has 1 fully saturated rings. The molecule has 2 heterocycles. The predicted molar refractivity (Wildman–Crippen MR) is 115 cm³/mol. The van der Waals surface area contributed by atoms with Crippen molar-refractivity contribution < 1.29 is 23.9 Å². The summed E-state index contributed by atoms with van der Waals surface area (Å²) in [5, 5.41) is 3.44. The highest BCUT2D eigenvalue weighted by atomic mass is 16.5. The number of likely N-dealkylation sites (tertiary alicyclic amines) is 1. The van der Waals surface area contributed by atoms with E-state index in [1.807, 2.05) is 18.2 Å². The highest BCUT2D eigenvalue weighted by Crippen LogP contribution is 2.30. The number of nitrogens with one attached hydrogen (secondary N) is 1. The van der Waals surface area contributed by atoms with Crippen molar-refractivity contribution in [1.82, 2.24) is 9.80 Å². The Morgan fingerprint density at radius 3 is 2.35 bits per heavy atom. The number of hydrogen-bond donors (Lipinski definition) is 1. The first-order chi connectivity index (χ1) is 15.0.